The molecular weight excluding hydrogens is 168 g/mol. The van der Waals surface area contributed by atoms with Crippen LogP contribution in [0.1, 0.15) is 13.8 Å². The maximum absolute atomic E-state index is 2.43. The average Bonchev–Trinajstić information content (AvgIpc) is 2.89. The van der Waals surface area contributed by atoms with Gasteiger partial charge in [-0.25, -0.2) is 0 Å². The normalized spacial score (nSPS) is 32.9. The smallest absolute Gasteiger partial charge is 0.0983 e. The zero-order valence-corrected chi connectivity index (χ0v) is 9.43. The van der Waals surface area contributed by atoms with Crippen LogP contribution in [0.2, 0.25) is 10.9 Å². The van der Waals surface area contributed by atoms with Crippen LogP contribution < -0.4 is 0 Å². The fraction of sp³-hybridized carbons (Fsp3) is 1.00. The van der Waals surface area contributed by atoms with Crippen molar-refractivity contribution in [2.24, 2.45) is 5.92 Å². The van der Waals surface area contributed by atoms with Gasteiger partial charge in [0.25, 0.3) is 0 Å². The molecule has 2 rings (SSSR count). The minimum absolute atomic E-state index is 0.305. The fourth-order valence-corrected chi connectivity index (χ4v) is 2.15. The first kappa shape index (κ1) is 12.1. The first-order chi connectivity index (χ1) is 7.26. The largest absolute Gasteiger partial charge is 0.112 e. The highest BCUT2D eigenvalue weighted by molar-refractivity contribution is 7.68. The van der Waals surface area contributed by atoms with Crippen molar-refractivity contribution in [2.45, 2.75) is 24.8 Å². The minimum Gasteiger partial charge on any atom is -0.112 e. The molecule has 2 aliphatic heterocycles. The predicted octanol–water partition coefficient (Wildman–Crippen LogP) is -2.11. The lowest BCUT2D eigenvalue weighted by Crippen LogP contribution is -2.31. The van der Waals surface area contributed by atoms with Crippen LogP contribution in [0.5, 0.6) is 0 Å². The molecule has 0 N–H and O–H groups in total. The van der Waals surface area contributed by atoms with E-state index in [-0.39, 0.29) is 0 Å². The molecule has 0 unspecified atom stereocenters. The van der Waals surface area contributed by atoms with E-state index in [1.54, 1.807) is 0 Å². The molecule has 0 aromatic rings. The summed E-state index contributed by atoms with van der Waals surface area (Å²) in [6.07, 6.45) is 0. The fourth-order valence-electron chi connectivity index (χ4n) is 2.15. The highest BCUT2D eigenvalue weighted by Crippen LogP contribution is 2.59. The molecule has 2 saturated heterocycles. The van der Waals surface area contributed by atoms with Crippen LogP contribution in [-0.2, 0) is 0 Å². The molecule has 0 amide bonds. The Morgan fingerprint density at radius 2 is 1.47 bits per heavy atom. The van der Waals surface area contributed by atoms with E-state index in [0.29, 0.717) is 16.8 Å². The highest BCUT2D eigenvalue weighted by Gasteiger charge is 2.53. The Kier molecular flexibility index (Phi) is 4.30. The van der Waals surface area contributed by atoms with Crippen LogP contribution in [0, 0.1) is 5.92 Å². The highest BCUT2D eigenvalue weighted by atomic mass is 14.3. The molecule has 2 atom stereocenters. The molecule has 0 nitrogen and oxygen atoms in total. The monoisotopic (exact) mass is 178 g/mol. The van der Waals surface area contributed by atoms with Gasteiger partial charge in [0.15, 0.2) is 0 Å². The molecule has 2 heterocycles. The summed E-state index contributed by atoms with van der Waals surface area (Å²) < 4.78 is 0. The van der Waals surface area contributed by atoms with Gasteiger partial charge in [-0.2, -0.15) is 0 Å². The van der Waals surface area contributed by atoms with Gasteiger partial charge >= 0.3 is 0 Å². The van der Waals surface area contributed by atoms with Crippen LogP contribution in [0.3, 0.4) is 0 Å². The van der Waals surface area contributed by atoms with E-state index in [4.69, 9.17) is 0 Å². The van der Waals surface area contributed by atoms with E-state index in [0.717, 1.165) is 0 Å². The molecule has 15 heavy (non-hydrogen) atoms. The van der Waals surface area contributed by atoms with E-state index < -0.39 is 0 Å². The van der Waals surface area contributed by atoms with Crippen molar-refractivity contribution >= 4 is 71.0 Å². The van der Waals surface area contributed by atoms with Gasteiger partial charge in [0.05, 0.1) is 14.4 Å². The molecule has 10 heteroatoms. The molecule has 0 aromatic heterocycles. The first-order valence-electron chi connectivity index (χ1n) is 5.64. The standard InChI is InChI=1S/C5H8B10/c1-3(2)5-4(6-5)7-9-11-13-15-14-12-10-8-5/h3-4H,1-2H3/t4-,5+/m0/s1. The molecule has 2 aliphatic rings. The second-order valence-corrected chi connectivity index (χ2v) is 4.55. The number of fused-ring (bicyclic) bond motifs is 1. The third-order valence-corrected chi connectivity index (χ3v) is 3.31. The van der Waals surface area contributed by atoms with E-state index in [9.17, 15) is 0 Å². The summed E-state index contributed by atoms with van der Waals surface area (Å²) in [7, 11) is 21.7. The van der Waals surface area contributed by atoms with Gasteiger partial charge in [0, 0.05) is 56.6 Å². The zero-order chi connectivity index (χ0) is 10.7. The third kappa shape index (κ3) is 2.86. The zero-order valence-electron chi connectivity index (χ0n) is 9.43. The van der Waals surface area contributed by atoms with Gasteiger partial charge in [0.2, 0.25) is 0 Å². The Hall–Kier alpha value is 0.649. The Labute approximate surface area is 102 Å². The molecular formula is C5H8B10. The quantitative estimate of drug-likeness (QED) is 0.401. The van der Waals surface area contributed by atoms with Gasteiger partial charge < -0.3 is 0 Å². The van der Waals surface area contributed by atoms with Crippen LogP contribution in [0.4, 0.5) is 0 Å². The topological polar surface area (TPSA) is 0 Å². The third-order valence-electron chi connectivity index (χ3n) is 3.31. The van der Waals surface area contributed by atoms with Crippen LogP contribution in [-0.4, -0.2) is 71.0 Å². The van der Waals surface area contributed by atoms with E-state index in [2.05, 4.69) is 84.9 Å². The SMILES string of the molecule is CC(C)[C@@]12[B][B][B][B][B][B][B][B][B][C@@H]1[B]2. The summed E-state index contributed by atoms with van der Waals surface area (Å²) in [5, 5.41) is 0.305. The number of hydrogen-bond acceptors (Lipinski definition) is 0. The van der Waals surface area contributed by atoms with Gasteiger partial charge in [-0.1, -0.05) is 19.8 Å². The lowest BCUT2D eigenvalue weighted by atomic mass is 8.89. The molecule has 0 aromatic carbocycles. The summed E-state index contributed by atoms with van der Waals surface area (Å²) in [5.41, 5.74) is 0.616. The second kappa shape index (κ2) is 5.32. The molecule has 10 radical (unpaired) electrons. The Bertz CT molecular complexity index is 208. The van der Waals surface area contributed by atoms with Crippen molar-refractivity contribution in [3.05, 3.63) is 0 Å². The Balaban J connectivity index is 1.89. The van der Waals surface area contributed by atoms with Crippen LogP contribution in [0.25, 0.3) is 0 Å². The van der Waals surface area contributed by atoms with E-state index in [1.165, 1.54) is 0 Å². The molecule has 0 bridgehead atoms. The Morgan fingerprint density at radius 1 is 0.867 bits per heavy atom. The van der Waals surface area contributed by atoms with Crippen LogP contribution >= 0.6 is 0 Å². The van der Waals surface area contributed by atoms with Crippen molar-refractivity contribution in [1.82, 2.24) is 0 Å². The predicted molar refractivity (Wildman–Crippen MR) is 78.8 cm³/mol. The maximum atomic E-state index is 2.43. The average molecular weight is 176 g/mol. The lowest BCUT2D eigenvalue weighted by molar-refractivity contribution is 0.610. The van der Waals surface area contributed by atoms with E-state index in [1.807, 2.05) is 0 Å². The molecule has 0 aliphatic carbocycles. The Morgan fingerprint density at radius 3 is 2.13 bits per heavy atom. The van der Waals surface area contributed by atoms with Crippen molar-refractivity contribution < 1.29 is 0 Å². The molecule has 0 saturated carbocycles. The van der Waals surface area contributed by atoms with Crippen molar-refractivity contribution in [1.29, 1.82) is 0 Å². The summed E-state index contributed by atoms with van der Waals surface area (Å²) >= 11 is 0. The van der Waals surface area contributed by atoms with E-state index >= 15 is 0 Å². The van der Waals surface area contributed by atoms with Gasteiger partial charge in [-0.05, 0) is 0 Å². The van der Waals surface area contributed by atoms with Gasteiger partial charge in [0.1, 0.15) is 0 Å². The minimum atomic E-state index is 0.305. The van der Waals surface area contributed by atoms with Crippen molar-refractivity contribution in [3.63, 3.8) is 0 Å². The number of hydrogen-bond donors (Lipinski definition) is 0. The van der Waals surface area contributed by atoms with Crippen molar-refractivity contribution in [3.8, 4) is 0 Å². The first-order valence-corrected chi connectivity index (χ1v) is 5.64. The van der Waals surface area contributed by atoms with Gasteiger partial charge in [-0.15, -0.1) is 10.9 Å². The summed E-state index contributed by atoms with van der Waals surface area (Å²) in [5.74, 6) is 0.672. The summed E-state index contributed by atoms with van der Waals surface area (Å²) in [6.45, 7) is 4.58. The molecule has 2 fully saturated rings. The maximum Gasteiger partial charge on any atom is 0.0983 e. The van der Waals surface area contributed by atoms with Crippen molar-refractivity contribution in [2.75, 3.05) is 0 Å². The summed E-state index contributed by atoms with van der Waals surface area (Å²) in [6, 6.07) is 0. The van der Waals surface area contributed by atoms with Gasteiger partial charge in [-0.3, -0.25) is 0 Å². The second-order valence-electron chi connectivity index (χ2n) is 4.55. The molecule has 58 valence electrons. The summed E-state index contributed by atoms with van der Waals surface area (Å²) in [4.78, 5) is 0. The van der Waals surface area contributed by atoms with Crippen LogP contribution in [0.15, 0.2) is 0 Å². The molecule has 0 spiro atoms. The lowest BCUT2D eigenvalue weighted by Gasteiger charge is -2.23. The number of rotatable bonds is 1.